The average molecular weight is 352 g/mol. The van der Waals surface area contributed by atoms with Crippen molar-refractivity contribution in [2.45, 2.75) is 19.4 Å². The number of benzene rings is 1. The van der Waals surface area contributed by atoms with Crippen LogP contribution in [0.3, 0.4) is 0 Å². The summed E-state index contributed by atoms with van der Waals surface area (Å²) >= 11 is 1.61. The fourth-order valence-corrected chi connectivity index (χ4v) is 4.09. The van der Waals surface area contributed by atoms with E-state index in [0.29, 0.717) is 0 Å². The third-order valence-electron chi connectivity index (χ3n) is 4.69. The van der Waals surface area contributed by atoms with E-state index in [-0.39, 0.29) is 11.7 Å². The summed E-state index contributed by atoms with van der Waals surface area (Å²) in [5.41, 5.74) is 1.91. The van der Waals surface area contributed by atoms with Crippen molar-refractivity contribution >= 4 is 17.1 Å². The number of carbonyl (C=O) groups excluding carboxylic acids is 1. The first kappa shape index (κ1) is 16.2. The molecule has 3 heterocycles. The highest BCUT2D eigenvalue weighted by Crippen LogP contribution is 2.26. The highest BCUT2D eigenvalue weighted by molar-refractivity contribution is 7.13. The zero-order chi connectivity index (χ0) is 17.1. The van der Waals surface area contributed by atoms with Crippen molar-refractivity contribution in [1.29, 1.82) is 0 Å². The fraction of sp³-hybridized carbons (Fsp3) is 0.300. The van der Waals surface area contributed by atoms with Gasteiger partial charge in [0.15, 0.2) is 16.6 Å². The van der Waals surface area contributed by atoms with Crippen molar-refractivity contribution < 1.29 is 9.21 Å². The van der Waals surface area contributed by atoms with Gasteiger partial charge in [-0.1, -0.05) is 30.3 Å². The molecule has 0 amide bonds. The zero-order valence-electron chi connectivity index (χ0n) is 13.9. The van der Waals surface area contributed by atoms with Gasteiger partial charge in [-0.25, -0.2) is 4.98 Å². The molecule has 4 nitrogen and oxygen atoms in total. The van der Waals surface area contributed by atoms with Crippen LogP contribution in [0, 0.1) is 5.92 Å². The summed E-state index contributed by atoms with van der Waals surface area (Å²) in [7, 11) is 0. The van der Waals surface area contributed by atoms with Crippen LogP contribution in [0.5, 0.6) is 0 Å². The maximum atomic E-state index is 12.6. The lowest BCUT2D eigenvalue weighted by molar-refractivity contribution is 0.0834. The van der Waals surface area contributed by atoms with Crippen LogP contribution in [0.15, 0.2) is 58.5 Å². The van der Waals surface area contributed by atoms with Crippen molar-refractivity contribution in [1.82, 2.24) is 9.88 Å². The molecule has 1 fully saturated rings. The summed E-state index contributed by atoms with van der Waals surface area (Å²) in [6.07, 6.45) is 3.51. The number of furan rings is 1. The number of piperidine rings is 1. The molecule has 1 aliphatic heterocycles. The highest BCUT2D eigenvalue weighted by atomic mass is 32.1. The summed E-state index contributed by atoms with van der Waals surface area (Å²) in [5.74, 6) is 1.25. The Balaban J connectivity index is 1.33. The van der Waals surface area contributed by atoms with Gasteiger partial charge in [0.2, 0.25) is 0 Å². The summed E-state index contributed by atoms with van der Waals surface area (Å²) in [6, 6.07) is 13.5. The summed E-state index contributed by atoms with van der Waals surface area (Å²) < 4.78 is 5.40. The lowest BCUT2D eigenvalue weighted by Crippen LogP contribution is -2.36. The second kappa shape index (κ2) is 7.33. The standard InChI is InChI=1S/C20H20N2O2S/c23-19(15-5-2-1-3-6-15)16-8-10-22(11-9-16)13-17-14-25-20(21-17)18-7-4-12-24-18/h1-7,12,14,16H,8-11,13H2. The Kier molecular flexibility index (Phi) is 4.76. The van der Waals surface area contributed by atoms with Gasteiger partial charge < -0.3 is 4.42 Å². The number of nitrogens with zero attached hydrogens (tertiary/aromatic N) is 2. The van der Waals surface area contributed by atoms with E-state index in [1.54, 1.807) is 17.6 Å². The first-order valence-corrected chi connectivity index (χ1v) is 9.47. The Morgan fingerprint density at radius 1 is 1.16 bits per heavy atom. The van der Waals surface area contributed by atoms with Gasteiger partial charge in [0.25, 0.3) is 0 Å². The van der Waals surface area contributed by atoms with Gasteiger partial charge in [-0.3, -0.25) is 9.69 Å². The second-order valence-electron chi connectivity index (χ2n) is 6.40. The number of ketones is 1. The summed E-state index contributed by atoms with van der Waals surface area (Å²) in [4.78, 5) is 19.6. The molecule has 5 heteroatoms. The van der Waals surface area contributed by atoms with Crippen LogP contribution in [0.2, 0.25) is 0 Å². The molecule has 1 aromatic carbocycles. The van der Waals surface area contributed by atoms with Crippen molar-refractivity contribution in [3.63, 3.8) is 0 Å². The van der Waals surface area contributed by atoms with E-state index in [2.05, 4.69) is 15.3 Å². The van der Waals surface area contributed by atoms with Gasteiger partial charge in [-0.2, -0.15) is 0 Å². The Morgan fingerprint density at radius 2 is 1.96 bits per heavy atom. The number of carbonyl (C=O) groups is 1. The van der Waals surface area contributed by atoms with E-state index >= 15 is 0 Å². The lowest BCUT2D eigenvalue weighted by Gasteiger charge is -2.30. The number of Topliss-reactive ketones (excluding diaryl/α,β-unsaturated/α-hetero) is 1. The molecule has 0 spiro atoms. The van der Waals surface area contributed by atoms with Crippen LogP contribution in [0.25, 0.3) is 10.8 Å². The van der Waals surface area contributed by atoms with Crippen LogP contribution >= 0.6 is 11.3 Å². The van der Waals surface area contributed by atoms with E-state index in [1.165, 1.54) is 0 Å². The van der Waals surface area contributed by atoms with E-state index in [9.17, 15) is 4.79 Å². The number of hydrogen-bond donors (Lipinski definition) is 0. The summed E-state index contributed by atoms with van der Waals surface area (Å²) in [5, 5.41) is 3.02. The molecule has 0 atom stereocenters. The number of likely N-dealkylation sites (tertiary alicyclic amines) is 1. The van der Waals surface area contributed by atoms with E-state index < -0.39 is 0 Å². The minimum atomic E-state index is 0.146. The van der Waals surface area contributed by atoms with Crippen molar-refractivity contribution in [2.24, 2.45) is 5.92 Å². The van der Waals surface area contributed by atoms with Gasteiger partial charge in [-0.15, -0.1) is 11.3 Å². The molecule has 0 radical (unpaired) electrons. The summed E-state index contributed by atoms with van der Waals surface area (Å²) in [6.45, 7) is 2.72. The molecule has 1 saturated heterocycles. The van der Waals surface area contributed by atoms with E-state index in [0.717, 1.165) is 54.5 Å². The predicted molar refractivity (Wildman–Crippen MR) is 98.6 cm³/mol. The second-order valence-corrected chi connectivity index (χ2v) is 7.26. The van der Waals surface area contributed by atoms with Gasteiger partial charge in [0.05, 0.1) is 12.0 Å². The third kappa shape index (κ3) is 3.72. The smallest absolute Gasteiger partial charge is 0.166 e. The minimum Gasteiger partial charge on any atom is -0.462 e. The molecule has 25 heavy (non-hydrogen) atoms. The first-order chi connectivity index (χ1) is 12.3. The lowest BCUT2D eigenvalue weighted by atomic mass is 9.89. The molecule has 0 saturated carbocycles. The molecular formula is C20H20N2O2S. The Labute approximate surface area is 151 Å². The first-order valence-electron chi connectivity index (χ1n) is 8.59. The molecule has 0 N–H and O–H groups in total. The Morgan fingerprint density at radius 3 is 2.68 bits per heavy atom. The quantitative estimate of drug-likeness (QED) is 0.634. The number of rotatable bonds is 5. The fourth-order valence-electron chi connectivity index (χ4n) is 3.31. The molecule has 128 valence electrons. The average Bonchev–Trinajstić information content (AvgIpc) is 3.34. The number of aromatic nitrogens is 1. The predicted octanol–water partition coefficient (Wildman–Crippen LogP) is 4.50. The number of hydrogen-bond acceptors (Lipinski definition) is 5. The SMILES string of the molecule is O=C(c1ccccc1)C1CCN(Cc2csc(-c3ccco3)n2)CC1. The molecule has 3 aromatic rings. The van der Waals surface area contributed by atoms with Crippen molar-refractivity contribution in [3.8, 4) is 10.8 Å². The molecule has 2 aromatic heterocycles. The Bertz CT molecular complexity index is 819. The van der Waals surface area contributed by atoms with Gasteiger partial charge in [0.1, 0.15) is 0 Å². The van der Waals surface area contributed by atoms with Crippen LogP contribution in [0.1, 0.15) is 28.9 Å². The molecule has 4 rings (SSSR count). The number of thiazole rings is 1. The Hall–Kier alpha value is -2.24. The van der Waals surface area contributed by atoms with Gasteiger partial charge in [0, 0.05) is 23.4 Å². The van der Waals surface area contributed by atoms with Gasteiger partial charge >= 0.3 is 0 Å². The minimum absolute atomic E-state index is 0.146. The largest absolute Gasteiger partial charge is 0.462 e. The van der Waals surface area contributed by atoms with Crippen molar-refractivity contribution in [3.05, 3.63) is 65.4 Å². The third-order valence-corrected chi connectivity index (χ3v) is 5.59. The van der Waals surface area contributed by atoms with Crippen LogP contribution in [-0.4, -0.2) is 28.8 Å². The molecule has 1 aliphatic rings. The topological polar surface area (TPSA) is 46.3 Å². The molecule has 0 aliphatic carbocycles. The maximum Gasteiger partial charge on any atom is 0.166 e. The van der Waals surface area contributed by atoms with Crippen LogP contribution < -0.4 is 0 Å². The molecule has 0 unspecified atom stereocenters. The van der Waals surface area contributed by atoms with E-state index in [4.69, 9.17) is 4.42 Å². The van der Waals surface area contributed by atoms with Crippen LogP contribution in [0.4, 0.5) is 0 Å². The molecular weight excluding hydrogens is 332 g/mol. The van der Waals surface area contributed by atoms with Gasteiger partial charge in [-0.05, 0) is 38.1 Å². The van der Waals surface area contributed by atoms with Crippen molar-refractivity contribution in [2.75, 3.05) is 13.1 Å². The molecule has 0 bridgehead atoms. The monoisotopic (exact) mass is 352 g/mol. The maximum absolute atomic E-state index is 12.6. The zero-order valence-corrected chi connectivity index (χ0v) is 14.7. The normalized spacial score (nSPS) is 16.2. The highest BCUT2D eigenvalue weighted by Gasteiger charge is 2.26. The van der Waals surface area contributed by atoms with Crippen LogP contribution in [-0.2, 0) is 6.54 Å². The van der Waals surface area contributed by atoms with E-state index in [1.807, 2.05) is 42.5 Å².